The molecule has 0 saturated carbocycles. The fraction of sp³-hybridized carbons (Fsp3) is 0.143. The summed E-state index contributed by atoms with van der Waals surface area (Å²) in [7, 11) is 0. The van der Waals surface area contributed by atoms with Crippen LogP contribution < -0.4 is 0 Å². The predicted molar refractivity (Wildman–Crippen MR) is 42.1 cm³/mol. The van der Waals surface area contributed by atoms with Gasteiger partial charge in [-0.1, -0.05) is 12.1 Å². The Bertz CT molecular complexity index is 198. The number of benzene rings is 1. The average molecular weight is 158 g/mol. The van der Waals surface area contributed by atoms with Crippen molar-refractivity contribution in [3.8, 4) is 0 Å². The van der Waals surface area contributed by atoms with Crippen LogP contribution in [0, 0.1) is 6.07 Å². The number of hydrogen-bond donors (Lipinski definition) is 1. The van der Waals surface area contributed by atoms with Crippen LogP contribution in [0.1, 0.15) is 5.56 Å². The summed E-state index contributed by atoms with van der Waals surface area (Å²) in [5.74, 6) is 0.486. The molecule has 0 heterocycles. The molecule has 0 aliphatic heterocycles. The lowest BCUT2D eigenvalue weighted by molar-refractivity contribution is 1.26. The maximum absolute atomic E-state index is 5.55. The van der Waals surface area contributed by atoms with Gasteiger partial charge in [-0.3, -0.25) is 0 Å². The first-order chi connectivity index (χ1) is 4.34. The van der Waals surface area contributed by atoms with E-state index in [9.17, 15) is 0 Å². The van der Waals surface area contributed by atoms with E-state index in [-0.39, 0.29) is 0 Å². The van der Waals surface area contributed by atoms with Gasteiger partial charge >= 0.3 is 0 Å². The standard InChI is InChI=1S/C7H6ClS/c8-5-6-3-1-2-4-7(6)9/h1-2,4,9H,5H2. The molecule has 0 atom stereocenters. The fourth-order valence-electron chi connectivity index (χ4n) is 0.570. The molecule has 0 fully saturated rings. The number of alkyl halides is 1. The molecule has 1 radical (unpaired) electrons. The van der Waals surface area contributed by atoms with Crippen molar-refractivity contribution >= 4 is 24.2 Å². The van der Waals surface area contributed by atoms with Crippen molar-refractivity contribution in [2.75, 3.05) is 0 Å². The van der Waals surface area contributed by atoms with E-state index in [1.54, 1.807) is 0 Å². The van der Waals surface area contributed by atoms with E-state index < -0.39 is 0 Å². The van der Waals surface area contributed by atoms with Gasteiger partial charge in [0.1, 0.15) is 0 Å². The van der Waals surface area contributed by atoms with Crippen molar-refractivity contribution in [1.82, 2.24) is 0 Å². The lowest BCUT2D eigenvalue weighted by atomic mass is 10.2. The number of hydrogen-bond acceptors (Lipinski definition) is 1. The van der Waals surface area contributed by atoms with Crippen LogP contribution in [0.5, 0.6) is 0 Å². The number of rotatable bonds is 1. The highest BCUT2D eigenvalue weighted by atomic mass is 35.5. The van der Waals surface area contributed by atoms with Gasteiger partial charge in [-0.15, -0.1) is 24.2 Å². The van der Waals surface area contributed by atoms with Gasteiger partial charge in [0.2, 0.25) is 0 Å². The summed E-state index contributed by atoms with van der Waals surface area (Å²) >= 11 is 9.71. The first-order valence-corrected chi connectivity index (χ1v) is 3.57. The van der Waals surface area contributed by atoms with E-state index in [4.69, 9.17) is 11.6 Å². The first-order valence-electron chi connectivity index (χ1n) is 2.59. The van der Waals surface area contributed by atoms with Crippen LogP contribution in [0.2, 0.25) is 0 Å². The minimum Gasteiger partial charge on any atom is -0.143 e. The van der Waals surface area contributed by atoms with Gasteiger partial charge in [-0.05, 0) is 17.7 Å². The Morgan fingerprint density at radius 1 is 1.67 bits per heavy atom. The summed E-state index contributed by atoms with van der Waals surface area (Å²) in [5.41, 5.74) is 0.961. The SMILES string of the molecule is Sc1ccc[c]c1CCl. The van der Waals surface area contributed by atoms with Crippen molar-refractivity contribution < 1.29 is 0 Å². The fourth-order valence-corrected chi connectivity index (χ4v) is 1.11. The van der Waals surface area contributed by atoms with Crippen LogP contribution in [0.3, 0.4) is 0 Å². The molecule has 1 aromatic rings. The van der Waals surface area contributed by atoms with Crippen molar-refractivity contribution in [2.24, 2.45) is 0 Å². The van der Waals surface area contributed by atoms with Crippen molar-refractivity contribution in [3.05, 3.63) is 29.8 Å². The zero-order valence-electron chi connectivity index (χ0n) is 4.76. The van der Waals surface area contributed by atoms with E-state index in [1.807, 2.05) is 18.2 Å². The molecule has 0 bridgehead atoms. The van der Waals surface area contributed by atoms with Crippen molar-refractivity contribution in [3.63, 3.8) is 0 Å². The van der Waals surface area contributed by atoms with Gasteiger partial charge in [-0.25, -0.2) is 0 Å². The van der Waals surface area contributed by atoms with E-state index in [2.05, 4.69) is 18.7 Å². The van der Waals surface area contributed by atoms with Crippen LogP contribution in [0.25, 0.3) is 0 Å². The van der Waals surface area contributed by atoms with Crippen molar-refractivity contribution in [1.29, 1.82) is 0 Å². The lowest BCUT2D eigenvalue weighted by Gasteiger charge is -1.95. The smallest absolute Gasteiger partial charge is 0.0491 e. The van der Waals surface area contributed by atoms with Gasteiger partial charge in [0, 0.05) is 10.8 Å². The Hall–Kier alpha value is -0.140. The third-order valence-electron chi connectivity index (χ3n) is 1.05. The predicted octanol–water partition coefficient (Wildman–Crippen LogP) is 2.51. The Kier molecular flexibility index (Phi) is 2.43. The van der Waals surface area contributed by atoms with Crippen LogP contribution >= 0.6 is 24.2 Å². The molecule has 2 heteroatoms. The summed E-state index contributed by atoms with van der Waals surface area (Å²) in [4.78, 5) is 0.910. The van der Waals surface area contributed by atoms with Gasteiger partial charge in [-0.2, -0.15) is 0 Å². The molecule has 0 unspecified atom stereocenters. The van der Waals surface area contributed by atoms with Crippen LogP contribution in [0.15, 0.2) is 23.1 Å². The zero-order valence-corrected chi connectivity index (χ0v) is 6.41. The maximum Gasteiger partial charge on any atom is 0.0491 e. The summed E-state index contributed by atoms with van der Waals surface area (Å²) in [5, 5.41) is 0. The topological polar surface area (TPSA) is 0 Å². The lowest BCUT2D eigenvalue weighted by Crippen LogP contribution is -1.78. The molecule has 0 aliphatic rings. The molecular weight excluding hydrogens is 152 g/mol. The van der Waals surface area contributed by atoms with Gasteiger partial charge in [0.25, 0.3) is 0 Å². The van der Waals surface area contributed by atoms with Gasteiger partial charge in [0.05, 0.1) is 0 Å². The third kappa shape index (κ3) is 1.63. The monoisotopic (exact) mass is 157 g/mol. The second kappa shape index (κ2) is 3.14. The largest absolute Gasteiger partial charge is 0.143 e. The Balaban J connectivity index is 3.01. The van der Waals surface area contributed by atoms with Gasteiger partial charge < -0.3 is 0 Å². The Morgan fingerprint density at radius 3 is 2.89 bits per heavy atom. The Morgan fingerprint density at radius 2 is 2.44 bits per heavy atom. The first kappa shape index (κ1) is 6.97. The molecule has 0 amide bonds. The quantitative estimate of drug-likeness (QED) is 0.470. The summed E-state index contributed by atoms with van der Waals surface area (Å²) in [6.07, 6.45) is 0. The molecular formula is C7H6ClS. The summed E-state index contributed by atoms with van der Waals surface area (Å²) in [6, 6.07) is 8.60. The molecule has 0 nitrogen and oxygen atoms in total. The highest BCUT2D eigenvalue weighted by Gasteiger charge is 1.92. The van der Waals surface area contributed by atoms with Crippen LogP contribution in [0.4, 0.5) is 0 Å². The molecule has 9 heavy (non-hydrogen) atoms. The third-order valence-corrected chi connectivity index (χ3v) is 1.74. The minimum atomic E-state index is 0.486. The maximum atomic E-state index is 5.55. The molecule has 0 N–H and O–H groups in total. The van der Waals surface area contributed by atoms with E-state index in [0.29, 0.717) is 5.88 Å². The molecule has 0 saturated heterocycles. The molecule has 1 rings (SSSR count). The van der Waals surface area contributed by atoms with Crippen molar-refractivity contribution in [2.45, 2.75) is 10.8 Å². The van der Waals surface area contributed by atoms with E-state index in [1.165, 1.54) is 0 Å². The highest BCUT2D eigenvalue weighted by molar-refractivity contribution is 7.80. The number of halogens is 1. The summed E-state index contributed by atoms with van der Waals surface area (Å²) < 4.78 is 0. The molecule has 0 spiro atoms. The molecule has 47 valence electrons. The zero-order chi connectivity index (χ0) is 6.69. The molecule has 0 aliphatic carbocycles. The second-order valence-corrected chi connectivity index (χ2v) is 2.42. The molecule has 1 aromatic carbocycles. The normalized spacial score (nSPS) is 9.56. The van der Waals surface area contributed by atoms with E-state index >= 15 is 0 Å². The summed E-state index contributed by atoms with van der Waals surface area (Å²) in [6.45, 7) is 0. The highest BCUT2D eigenvalue weighted by Crippen LogP contribution is 2.13. The average Bonchev–Trinajstić information content (AvgIpc) is 1.89. The van der Waals surface area contributed by atoms with Crippen LogP contribution in [-0.4, -0.2) is 0 Å². The Labute approximate surface area is 65.3 Å². The number of thiol groups is 1. The van der Waals surface area contributed by atoms with E-state index in [0.717, 1.165) is 10.5 Å². The minimum absolute atomic E-state index is 0.486. The second-order valence-electron chi connectivity index (χ2n) is 1.67. The van der Waals surface area contributed by atoms with Gasteiger partial charge in [0.15, 0.2) is 0 Å². The molecule has 0 aromatic heterocycles. The van der Waals surface area contributed by atoms with Crippen LogP contribution in [-0.2, 0) is 5.88 Å².